The lowest BCUT2D eigenvalue weighted by molar-refractivity contribution is 0.253. The van der Waals surface area contributed by atoms with Gasteiger partial charge in [-0.25, -0.2) is 0 Å². The Morgan fingerprint density at radius 2 is 2.00 bits per heavy atom. The third-order valence-electron chi connectivity index (χ3n) is 5.26. The van der Waals surface area contributed by atoms with Crippen molar-refractivity contribution in [2.24, 2.45) is 10.9 Å². The zero-order valence-corrected chi connectivity index (χ0v) is 18.7. The minimum atomic E-state index is 0. The first-order chi connectivity index (χ1) is 12.7. The Morgan fingerprint density at radius 1 is 1.22 bits per heavy atom. The van der Waals surface area contributed by atoms with Crippen LogP contribution in [0, 0.1) is 5.92 Å². The van der Waals surface area contributed by atoms with Crippen molar-refractivity contribution in [3.8, 4) is 0 Å². The highest BCUT2D eigenvalue weighted by Gasteiger charge is 2.38. The van der Waals surface area contributed by atoms with Crippen molar-refractivity contribution in [3.05, 3.63) is 54.4 Å². The Balaban J connectivity index is 0.00000261. The quantitative estimate of drug-likeness (QED) is 0.343. The van der Waals surface area contributed by atoms with Crippen molar-refractivity contribution in [2.75, 3.05) is 19.6 Å². The number of aromatic nitrogens is 2. The Bertz CT molecular complexity index is 680. The summed E-state index contributed by atoms with van der Waals surface area (Å²) in [5.41, 5.74) is 1.66. The first-order valence-corrected chi connectivity index (χ1v) is 9.77. The third-order valence-corrected chi connectivity index (χ3v) is 5.26. The van der Waals surface area contributed by atoms with Crippen LogP contribution < -0.4 is 10.6 Å². The highest BCUT2D eigenvalue weighted by Crippen LogP contribution is 2.43. The summed E-state index contributed by atoms with van der Waals surface area (Å²) in [6.45, 7) is 7.85. The molecule has 27 heavy (non-hydrogen) atoms. The molecule has 1 atom stereocenters. The number of hydrogen-bond acceptors (Lipinski definition) is 2. The summed E-state index contributed by atoms with van der Waals surface area (Å²) in [4.78, 5) is 4.93. The topological polar surface area (TPSA) is 54.2 Å². The molecular formula is C21H32IN5. The Kier molecular flexibility index (Phi) is 8.60. The molecule has 0 saturated heterocycles. The van der Waals surface area contributed by atoms with Crippen LogP contribution in [0.15, 0.2) is 53.8 Å². The van der Waals surface area contributed by atoms with Gasteiger partial charge >= 0.3 is 0 Å². The molecule has 6 heteroatoms. The molecule has 0 aliphatic heterocycles. The molecule has 1 unspecified atom stereocenters. The normalized spacial score (nSPS) is 16.7. The molecule has 5 nitrogen and oxygen atoms in total. The van der Waals surface area contributed by atoms with E-state index in [1.807, 2.05) is 23.1 Å². The average Bonchev–Trinajstić information content (AvgIpc) is 3.12. The summed E-state index contributed by atoms with van der Waals surface area (Å²) in [7, 11) is 0. The summed E-state index contributed by atoms with van der Waals surface area (Å²) in [5.74, 6) is 1.40. The van der Waals surface area contributed by atoms with Crippen molar-refractivity contribution in [2.45, 2.75) is 45.1 Å². The third kappa shape index (κ3) is 5.96. The van der Waals surface area contributed by atoms with Gasteiger partial charge in [-0.1, -0.05) is 43.7 Å². The number of nitrogens with zero attached hydrogens (tertiary/aromatic N) is 3. The molecule has 3 rings (SSSR count). The molecule has 2 N–H and O–H groups in total. The maximum atomic E-state index is 4.93. The Hall–Kier alpha value is -1.57. The van der Waals surface area contributed by atoms with Gasteiger partial charge in [0.25, 0.3) is 0 Å². The summed E-state index contributed by atoms with van der Waals surface area (Å²) >= 11 is 0. The first kappa shape index (κ1) is 21.7. The molecular weight excluding hydrogens is 449 g/mol. The van der Waals surface area contributed by atoms with Gasteiger partial charge in [0.1, 0.15) is 0 Å². The van der Waals surface area contributed by atoms with Gasteiger partial charge < -0.3 is 10.6 Å². The van der Waals surface area contributed by atoms with E-state index in [4.69, 9.17) is 4.99 Å². The fourth-order valence-electron chi connectivity index (χ4n) is 3.57. The maximum Gasteiger partial charge on any atom is 0.191 e. The molecule has 0 spiro atoms. The van der Waals surface area contributed by atoms with Crippen LogP contribution in [0.1, 0.15) is 38.7 Å². The van der Waals surface area contributed by atoms with Gasteiger partial charge in [-0.3, -0.25) is 9.67 Å². The Morgan fingerprint density at radius 3 is 2.59 bits per heavy atom. The molecule has 148 valence electrons. The van der Waals surface area contributed by atoms with Crippen LogP contribution in [0.5, 0.6) is 0 Å². The fourth-order valence-corrected chi connectivity index (χ4v) is 3.57. The minimum absolute atomic E-state index is 0. The van der Waals surface area contributed by atoms with Gasteiger partial charge in [-0.05, 0) is 37.3 Å². The monoisotopic (exact) mass is 481 g/mol. The van der Waals surface area contributed by atoms with E-state index in [2.05, 4.69) is 59.9 Å². The summed E-state index contributed by atoms with van der Waals surface area (Å²) < 4.78 is 1.98. The molecule has 0 bridgehead atoms. The summed E-state index contributed by atoms with van der Waals surface area (Å²) in [5, 5.41) is 11.2. The van der Waals surface area contributed by atoms with Crippen molar-refractivity contribution in [3.63, 3.8) is 0 Å². The second-order valence-corrected chi connectivity index (χ2v) is 7.41. The highest BCUT2D eigenvalue weighted by molar-refractivity contribution is 14.0. The molecule has 1 saturated carbocycles. The van der Waals surface area contributed by atoms with Crippen molar-refractivity contribution in [1.29, 1.82) is 0 Å². The van der Waals surface area contributed by atoms with Crippen LogP contribution >= 0.6 is 24.0 Å². The van der Waals surface area contributed by atoms with E-state index in [-0.39, 0.29) is 29.4 Å². The van der Waals surface area contributed by atoms with Crippen LogP contribution in [0.2, 0.25) is 0 Å². The van der Waals surface area contributed by atoms with Crippen LogP contribution in [0.3, 0.4) is 0 Å². The Labute approximate surface area is 180 Å². The molecule has 1 aliphatic rings. The minimum Gasteiger partial charge on any atom is -0.357 e. The van der Waals surface area contributed by atoms with Gasteiger partial charge in [-0.2, -0.15) is 5.10 Å². The number of nitrogens with one attached hydrogen (secondary N) is 2. The standard InChI is InChI=1S/C21H31N5.HI/c1-3-22-20(23-15-18(2)16-26-14-8-13-25-26)24-17-21(11-7-12-21)19-9-5-4-6-10-19;/h4-6,8-10,13-14,18H,3,7,11-12,15-17H2,1-2H3,(H2,22,23,24);1H. The van der Waals surface area contributed by atoms with Crippen LogP contribution in [-0.2, 0) is 12.0 Å². The van der Waals surface area contributed by atoms with E-state index < -0.39 is 0 Å². The van der Waals surface area contributed by atoms with Gasteiger partial charge in [0.15, 0.2) is 5.96 Å². The van der Waals surface area contributed by atoms with Crippen molar-refractivity contribution in [1.82, 2.24) is 20.4 Å². The fraction of sp³-hybridized carbons (Fsp3) is 0.524. The summed E-state index contributed by atoms with van der Waals surface area (Å²) in [6.07, 6.45) is 7.60. The predicted molar refractivity (Wildman–Crippen MR) is 123 cm³/mol. The lowest BCUT2D eigenvalue weighted by Crippen LogP contribution is -2.43. The maximum absolute atomic E-state index is 4.93. The lowest BCUT2D eigenvalue weighted by Gasteiger charge is -2.41. The van der Waals surface area contributed by atoms with E-state index >= 15 is 0 Å². The van der Waals surface area contributed by atoms with Crippen LogP contribution in [0.4, 0.5) is 0 Å². The molecule has 1 fully saturated rings. The van der Waals surface area contributed by atoms with Crippen molar-refractivity contribution >= 4 is 29.9 Å². The number of guanidine groups is 1. The molecule has 1 aromatic carbocycles. The van der Waals surface area contributed by atoms with E-state index in [1.165, 1.54) is 24.8 Å². The number of benzene rings is 1. The number of rotatable bonds is 8. The molecule has 1 aromatic heterocycles. The molecule has 0 radical (unpaired) electrons. The zero-order valence-electron chi connectivity index (χ0n) is 16.4. The van der Waals surface area contributed by atoms with Gasteiger partial charge in [-0.15, -0.1) is 24.0 Å². The second-order valence-electron chi connectivity index (χ2n) is 7.41. The number of halogens is 1. The smallest absolute Gasteiger partial charge is 0.191 e. The molecule has 0 amide bonds. The summed E-state index contributed by atoms with van der Waals surface area (Å²) in [6, 6.07) is 12.8. The zero-order chi connectivity index (χ0) is 18.2. The van der Waals surface area contributed by atoms with Gasteiger partial charge in [0.05, 0.1) is 6.54 Å². The molecule has 2 aromatic rings. The predicted octanol–water partition coefficient (Wildman–Crippen LogP) is 3.81. The van der Waals surface area contributed by atoms with Gasteiger partial charge in [0, 0.05) is 37.4 Å². The first-order valence-electron chi connectivity index (χ1n) is 9.77. The average molecular weight is 481 g/mol. The van der Waals surface area contributed by atoms with E-state index in [1.54, 1.807) is 0 Å². The van der Waals surface area contributed by atoms with Crippen LogP contribution in [-0.4, -0.2) is 35.4 Å². The molecule has 1 aliphatic carbocycles. The van der Waals surface area contributed by atoms with Crippen molar-refractivity contribution < 1.29 is 0 Å². The second kappa shape index (κ2) is 10.7. The lowest BCUT2D eigenvalue weighted by atomic mass is 9.64. The van der Waals surface area contributed by atoms with E-state index in [0.717, 1.165) is 32.1 Å². The SMILES string of the molecule is CCNC(=NCC1(c2ccccc2)CCC1)NCC(C)Cn1cccn1.I. The van der Waals surface area contributed by atoms with Crippen LogP contribution in [0.25, 0.3) is 0 Å². The highest BCUT2D eigenvalue weighted by atomic mass is 127. The van der Waals surface area contributed by atoms with E-state index in [0.29, 0.717) is 5.92 Å². The van der Waals surface area contributed by atoms with E-state index in [9.17, 15) is 0 Å². The molecule has 1 heterocycles. The number of hydrogen-bond donors (Lipinski definition) is 2. The number of aliphatic imine (C=N–C) groups is 1. The largest absolute Gasteiger partial charge is 0.357 e. The van der Waals surface area contributed by atoms with Gasteiger partial charge in [0.2, 0.25) is 0 Å².